The van der Waals surface area contributed by atoms with Crippen molar-refractivity contribution in [2.75, 3.05) is 0 Å². The van der Waals surface area contributed by atoms with E-state index >= 15 is 0 Å². The van der Waals surface area contributed by atoms with E-state index in [1.54, 1.807) is 23.1 Å². The van der Waals surface area contributed by atoms with Gasteiger partial charge in [-0.25, -0.2) is 0 Å². The van der Waals surface area contributed by atoms with Crippen LogP contribution in [-0.4, -0.2) is 5.25 Å². The van der Waals surface area contributed by atoms with Gasteiger partial charge in [0.05, 0.1) is 15.5 Å². The second-order valence-electron chi connectivity index (χ2n) is 2.84. The van der Waals surface area contributed by atoms with Gasteiger partial charge >= 0.3 is 0 Å². The van der Waals surface area contributed by atoms with Crippen LogP contribution in [0.15, 0.2) is 21.7 Å². The Labute approximate surface area is 81.4 Å². The number of nitrogens with zero attached hydrogens (tertiary/aromatic N) is 1. The molecule has 1 aromatic heterocycles. The molecule has 0 saturated carbocycles. The second-order valence-corrected chi connectivity index (χ2v) is 5.23. The van der Waals surface area contributed by atoms with Crippen molar-refractivity contribution >= 4 is 23.1 Å². The fourth-order valence-corrected chi connectivity index (χ4v) is 2.65. The van der Waals surface area contributed by atoms with Crippen molar-refractivity contribution in [1.29, 1.82) is 5.26 Å². The van der Waals surface area contributed by atoms with Crippen molar-refractivity contribution in [3.8, 4) is 6.07 Å². The predicted octanol–water partition coefficient (Wildman–Crippen LogP) is 3.39. The molecule has 1 unspecified atom stereocenters. The van der Waals surface area contributed by atoms with Crippen LogP contribution in [0.3, 0.4) is 0 Å². The molecule has 0 saturated heterocycles. The molecular weight excluding hydrogens is 186 g/mol. The molecule has 1 heterocycles. The molecule has 0 aliphatic heterocycles. The molecule has 0 aromatic carbocycles. The first-order valence-corrected chi connectivity index (χ1v) is 5.59. The van der Waals surface area contributed by atoms with Gasteiger partial charge in [-0.1, -0.05) is 31.7 Å². The lowest BCUT2D eigenvalue weighted by Crippen LogP contribution is -2.06. The number of hydrogen-bond donors (Lipinski definition) is 0. The minimum Gasteiger partial charge on any atom is -0.197 e. The van der Waals surface area contributed by atoms with Gasteiger partial charge in [0, 0.05) is 0 Å². The number of thioether (sulfide) groups is 1. The zero-order chi connectivity index (χ0) is 8.97. The average molecular weight is 197 g/mol. The van der Waals surface area contributed by atoms with Gasteiger partial charge in [0.2, 0.25) is 0 Å². The fourth-order valence-electron chi connectivity index (χ4n) is 0.767. The summed E-state index contributed by atoms with van der Waals surface area (Å²) in [6.07, 6.45) is 0. The van der Waals surface area contributed by atoms with E-state index in [0.717, 1.165) is 0 Å². The molecule has 0 N–H and O–H groups in total. The third-order valence-corrected chi connectivity index (χ3v) is 3.98. The normalized spacial score (nSPS) is 12.8. The quantitative estimate of drug-likeness (QED) is 0.693. The molecule has 0 spiro atoms. The number of hydrogen-bond acceptors (Lipinski definition) is 3. The van der Waals surface area contributed by atoms with E-state index in [0.29, 0.717) is 5.92 Å². The maximum absolute atomic E-state index is 8.83. The average Bonchev–Trinajstić information content (AvgIpc) is 2.51. The molecule has 1 nitrogen and oxygen atoms in total. The first-order valence-electron chi connectivity index (χ1n) is 3.84. The van der Waals surface area contributed by atoms with Gasteiger partial charge in [0.15, 0.2) is 0 Å². The van der Waals surface area contributed by atoms with Gasteiger partial charge < -0.3 is 0 Å². The molecule has 1 aromatic rings. The summed E-state index contributed by atoms with van der Waals surface area (Å²) in [5.41, 5.74) is 0. The van der Waals surface area contributed by atoms with Gasteiger partial charge in [-0.3, -0.25) is 0 Å². The van der Waals surface area contributed by atoms with Gasteiger partial charge in [-0.2, -0.15) is 5.26 Å². The maximum Gasteiger partial charge on any atom is 0.0994 e. The smallest absolute Gasteiger partial charge is 0.0994 e. The molecule has 0 amide bonds. The third kappa shape index (κ3) is 2.54. The molecule has 1 rings (SSSR count). The molecule has 0 aliphatic rings. The Morgan fingerprint density at radius 1 is 1.58 bits per heavy atom. The van der Waals surface area contributed by atoms with E-state index in [1.165, 1.54) is 4.21 Å². The van der Waals surface area contributed by atoms with Gasteiger partial charge in [0.1, 0.15) is 0 Å². The third-order valence-electron chi connectivity index (χ3n) is 1.47. The van der Waals surface area contributed by atoms with E-state index in [9.17, 15) is 0 Å². The fraction of sp³-hybridized carbons (Fsp3) is 0.444. The highest BCUT2D eigenvalue weighted by Crippen LogP contribution is 2.30. The molecule has 0 bridgehead atoms. The van der Waals surface area contributed by atoms with Crippen LogP contribution in [0, 0.1) is 17.2 Å². The number of rotatable bonds is 3. The van der Waals surface area contributed by atoms with Crippen LogP contribution in [0.5, 0.6) is 0 Å². The van der Waals surface area contributed by atoms with Crippen LogP contribution in [0.2, 0.25) is 0 Å². The summed E-state index contributed by atoms with van der Waals surface area (Å²) in [5, 5.41) is 11.0. The Morgan fingerprint density at radius 3 is 2.75 bits per heavy atom. The zero-order valence-corrected chi connectivity index (χ0v) is 8.78. The molecule has 3 heteroatoms. The molecule has 12 heavy (non-hydrogen) atoms. The molecular formula is C9H11NS2. The van der Waals surface area contributed by atoms with Crippen molar-refractivity contribution < 1.29 is 0 Å². The summed E-state index contributed by atoms with van der Waals surface area (Å²) in [7, 11) is 0. The van der Waals surface area contributed by atoms with E-state index in [-0.39, 0.29) is 5.25 Å². The van der Waals surface area contributed by atoms with Crippen molar-refractivity contribution in [2.45, 2.75) is 23.3 Å². The Morgan fingerprint density at radius 2 is 2.33 bits per heavy atom. The van der Waals surface area contributed by atoms with Crippen LogP contribution in [0.4, 0.5) is 0 Å². The Hall–Kier alpha value is -0.460. The summed E-state index contributed by atoms with van der Waals surface area (Å²) in [6, 6.07) is 6.38. The van der Waals surface area contributed by atoms with Crippen LogP contribution >= 0.6 is 23.1 Å². The summed E-state index contributed by atoms with van der Waals surface area (Å²) in [6.45, 7) is 4.16. The highest BCUT2D eigenvalue weighted by Gasteiger charge is 2.13. The lowest BCUT2D eigenvalue weighted by Gasteiger charge is -2.09. The summed E-state index contributed by atoms with van der Waals surface area (Å²) in [5.74, 6) is 0.419. The lowest BCUT2D eigenvalue weighted by molar-refractivity contribution is 0.685. The van der Waals surface area contributed by atoms with Gasteiger partial charge in [0.25, 0.3) is 0 Å². The Balaban J connectivity index is 2.56. The van der Waals surface area contributed by atoms with Crippen LogP contribution < -0.4 is 0 Å². The summed E-state index contributed by atoms with van der Waals surface area (Å²) >= 11 is 3.36. The Bertz CT molecular complexity index is 259. The lowest BCUT2D eigenvalue weighted by atomic mass is 10.1. The first-order chi connectivity index (χ1) is 5.74. The van der Waals surface area contributed by atoms with Crippen LogP contribution in [-0.2, 0) is 0 Å². The van der Waals surface area contributed by atoms with E-state index in [2.05, 4.69) is 26.0 Å². The van der Waals surface area contributed by atoms with Crippen LogP contribution in [0.25, 0.3) is 0 Å². The van der Waals surface area contributed by atoms with Gasteiger partial charge in [-0.05, 0) is 17.4 Å². The van der Waals surface area contributed by atoms with Crippen molar-refractivity contribution in [2.24, 2.45) is 5.92 Å². The molecule has 0 radical (unpaired) electrons. The van der Waals surface area contributed by atoms with E-state index in [1.807, 2.05) is 11.4 Å². The highest BCUT2D eigenvalue weighted by molar-refractivity contribution is 8.01. The minimum atomic E-state index is 0.0867. The van der Waals surface area contributed by atoms with E-state index in [4.69, 9.17) is 5.26 Å². The molecule has 0 fully saturated rings. The monoisotopic (exact) mass is 197 g/mol. The predicted molar refractivity (Wildman–Crippen MR) is 54.4 cm³/mol. The summed E-state index contributed by atoms with van der Waals surface area (Å²) in [4.78, 5) is 0. The minimum absolute atomic E-state index is 0.0867. The van der Waals surface area contributed by atoms with Gasteiger partial charge in [-0.15, -0.1) is 11.3 Å². The topological polar surface area (TPSA) is 23.8 Å². The maximum atomic E-state index is 8.83. The SMILES string of the molecule is CC(C)C(C#N)Sc1cccs1. The Kier molecular flexibility index (Phi) is 3.64. The standard InChI is InChI=1S/C9H11NS2/c1-7(2)8(6-10)12-9-4-3-5-11-9/h3-5,7-8H,1-2H3. The second kappa shape index (κ2) is 4.54. The molecule has 0 aliphatic carbocycles. The molecule has 1 atom stereocenters. The number of nitriles is 1. The van der Waals surface area contributed by atoms with E-state index < -0.39 is 0 Å². The highest BCUT2D eigenvalue weighted by atomic mass is 32.2. The van der Waals surface area contributed by atoms with Crippen molar-refractivity contribution in [3.05, 3.63) is 17.5 Å². The van der Waals surface area contributed by atoms with Crippen LogP contribution in [0.1, 0.15) is 13.8 Å². The largest absolute Gasteiger partial charge is 0.197 e. The van der Waals surface area contributed by atoms with Crippen molar-refractivity contribution in [1.82, 2.24) is 0 Å². The summed E-state index contributed by atoms with van der Waals surface area (Å²) < 4.78 is 1.23. The molecule has 64 valence electrons. The van der Waals surface area contributed by atoms with Crippen molar-refractivity contribution in [3.63, 3.8) is 0 Å². The zero-order valence-electron chi connectivity index (χ0n) is 7.15. The number of thiophene rings is 1. The first kappa shape index (κ1) is 9.63.